The van der Waals surface area contributed by atoms with Crippen molar-refractivity contribution in [3.63, 3.8) is 0 Å². The zero-order valence-electron chi connectivity index (χ0n) is 12.9. The third-order valence-electron chi connectivity index (χ3n) is 3.32. The van der Waals surface area contributed by atoms with Crippen molar-refractivity contribution in [3.05, 3.63) is 35.0 Å². The minimum atomic E-state index is -0.427. The van der Waals surface area contributed by atoms with Crippen LogP contribution >= 0.6 is 0 Å². The number of hydrogen-bond donors (Lipinski definition) is 1. The largest absolute Gasteiger partial charge is 0.433 e. The van der Waals surface area contributed by atoms with Gasteiger partial charge < -0.3 is 10.1 Å². The quantitative estimate of drug-likeness (QED) is 0.832. The molecule has 2 aromatic rings. The number of rotatable bonds is 6. The number of nitrogens with zero attached hydrogens (tertiary/aromatic N) is 3. The standard InChI is InChI=1S/C15H21FN4O/c1-5-7-17-9-12-6-8-18-15(13(12)16)21-14-10(2)19-20(4)11(14)3/h6,8,17H,5,7,9H2,1-4H3. The Balaban J connectivity index is 2.22. The SMILES string of the molecule is CCCNCc1ccnc(Oc2c(C)nn(C)c2C)c1F. The van der Waals surface area contributed by atoms with Crippen molar-refractivity contribution in [1.29, 1.82) is 0 Å². The van der Waals surface area contributed by atoms with Crippen molar-refractivity contribution in [2.75, 3.05) is 6.54 Å². The summed E-state index contributed by atoms with van der Waals surface area (Å²) in [6.07, 6.45) is 2.56. The molecule has 0 bridgehead atoms. The second-order valence-electron chi connectivity index (χ2n) is 4.99. The maximum atomic E-state index is 14.4. The van der Waals surface area contributed by atoms with Crippen molar-refractivity contribution in [1.82, 2.24) is 20.1 Å². The maximum absolute atomic E-state index is 14.4. The Labute approximate surface area is 124 Å². The molecule has 0 saturated heterocycles. The highest BCUT2D eigenvalue weighted by molar-refractivity contribution is 5.36. The van der Waals surface area contributed by atoms with E-state index >= 15 is 0 Å². The normalized spacial score (nSPS) is 10.9. The fourth-order valence-corrected chi connectivity index (χ4v) is 2.07. The molecule has 0 aromatic carbocycles. The van der Waals surface area contributed by atoms with Crippen molar-refractivity contribution in [3.8, 4) is 11.6 Å². The van der Waals surface area contributed by atoms with E-state index in [1.807, 2.05) is 20.9 Å². The summed E-state index contributed by atoms with van der Waals surface area (Å²) in [7, 11) is 1.82. The minimum absolute atomic E-state index is 0.00926. The first-order valence-corrected chi connectivity index (χ1v) is 7.06. The summed E-state index contributed by atoms with van der Waals surface area (Å²) in [5, 5.41) is 7.42. The lowest BCUT2D eigenvalue weighted by atomic mass is 10.2. The monoisotopic (exact) mass is 292 g/mol. The summed E-state index contributed by atoms with van der Waals surface area (Å²) in [6, 6.07) is 1.66. The van der Waals surface area contributed by atoms with Crippen LogP contribution in [0.5, 0.6) is 11.6 Å². The molecular formula is C15H21FN4O. The summed E-state index contributed by atoms with van der Waals surface area (Å²) in [6.45, 7) is 7.08. The van der Waals surface area contributed by atoms with Gasteiger partial charge in [0.2, 0.25) is 0 Å². The number of nitrogens with one attached hydrogen (secondary N) is 1. The highest BCUT2D eigenvalue weighted by Crippen LogP contribution is 2.29. The van der Waals surface area contributed by atoms with Gasteiger partial charge in [0.15, 0.2) is 11.6 Å². The van der Waals surface area contributed by atoms with Gasteiger partial charge in [-0.3, -0.25) is 4.68 Å². The number of ether oxygens (including phenoxy) is 1. The average molecular weight is 292 g/mol. The summed E-state index contributed by atoms with van der Waals surface area (Å²) in [5.74, 6) is 0.122. The van der Waals surface area contributed by atoms with Gasteiger partial charge in [-0.15, -0.1) is 0 Å². The molecule has 6 heteroatoms. The highest BCUT2D eigenvalue weighted by Gasteiger charge is 2.16. The zero-order valence-corrected chi connectivity index (χ0v) is 12.9. The number of aryl methyl sites for hydroxylation is 2. The Bertz CT molecular complexity index is 624. The Kier molecular flexibility index (Phi) is 4.90. The summed E-state index contributed by atoms with van der Waals surface area (Å²) in [4.78, 5) is 3.99. The number of aromatic nitrogens is 3. The Morgan fingerprint density at radius 1 is 1.38 bits per heavy atom. The summed E-state index contributed by atoms with van der Waals surface area (Å²) >= 11 is 0. The number of pyridine rings is 1. The van der Waals surface area contributed by atoms with Crippen LogP contribution in [0.3, 0.4) is 0 Å². The van der Waals surface area contributed by atoms with E-state index in [0.29, 0.717) is 23.6 Å². The van der Waals surface area contributed by atoms with Gasteiger partial charge in [-0.05, 0) is 32.9 Å². The predicted molar refractivity (Wildman–Crippen MR) is 78.9 cm³/mol. The topological polar surface area (TPSA) is 52.0 Å². The molecule has 114 valence electrons. The van der Waals surface area contributed by atoms with Gasteiger partial charge in [-0.2, -0.15) is 5.10 Å². The predicted octanol–water partition coefficient (Wildman–Crippen LogP) is 2.86. The van der Waals surface area contributed by atoms with Crippen LogP contribution in [0.2, 0.25) is 0 Å². The van der Waals surface area contributed by atoms with Crippen LogP contribution in [0, 0.1) is 19.7 Å². The number of halogens is 1. The fraction of sp³-hybridized carbons (Fsp3) is 0.467. The van der Waals surface area contributed by atoms with E-state index in [-0.39, 0.29) is 5.88 Å². The summed E-state index contributed by atoms with van der Waals surface area (Å²) in [5.41, 5.74) is 2.10. The molecular weight excluding hydrogens is 271 g/mol. The van der Waals surface area contributed by atoms with E-state index < -0.39 is 5.82 Å². The van der Waals surface area contributed by atoms with Gasteiger partial charge in [-0.25, -0.2) is 9.37 Å². The van der Waals surface area contributed by atoms with Crippen LogP contribution < -0.4 is 10.1 Å². The van der Waals surface area contributed by atoms with E-state index in [0.717, 1.165) is 18.7 Å². The molecule has 2 heterocycles. The van der Waals surface area contributed by atoms with E-state index in [4.69, 9.17) is 4.74 Å². The first-order chi connectivity index (χ1) is 10.0. The molecule has 0 unspecified atom stereocenters. The molecule has 0 aliphatic heterocycles. The highest BCUT2D eigenvalue weighted by atomic mass is 19.1. The first kappa shape index (κ1) is 15.4. The third kappa shape index (κ3) is 3.39. The lowest BCUT2D eigenvalue weighted by Gasteiger charge is -2.09. The Morgan fingerprint density at radius 2 is 2.14 bits per heavy atom. The van der Waals surface area contributed by atoms with Gasteiger partial charge in [0, 0.05) is 25.4 Å². The molecule has 0 radical (unpaired) electrons. The lowest BCUT2D eigenvalue weighted by Crippen LogP contribution is -2.15. The third-order valence-corrected chi connectivity index (χ3v) is 3.32. The van der Waals surface area contributed by atoms with Crippen molar-refractivity contribution in [2.45, 2.75) is 33.7 Å². The molecule has 21 heavy (non-hydrogen) atoms. The smallest absolute Gasteiger partial charge is 0.256 e. The Morgan fingerprint density at radius 3 is 2.76 bits per heavy atom. The summed E-state index contributed by atoms with van der Waals surface area (Å²) < 4.78 is 21.7. The van der Waals surface area contributed by atoms with Crippen LogP contribution in [-0.2, 0) is 13.6 Å². The molecule has 2 aromatic heterocycles. The lowest BCUT2D eigenvalue weighted by molar-refractivity contribution is 0.412. The van der Waals surface area contributed by atoms with Gasteiger partial charge >= 0.3 is 0 Å². The second-order valence-corrected chi connectivity index (χ2v) is 4.99. The molecule has 0 atom stereocenters. The van der Waals surface area contributed by atoms with Gasteiger partial charge in [0.05, 0.1) is 5.69 Å². The fourth-order valence-electron chi connectivity index (χ4n) is 2.07. The molecule has 0 aliphatic carbocycles. The number of hydrogen-bond acceptors (Lipinski definition) is 4. The van der Waals surface area contributed by atoms with Gasteiger partial charge in [0.25, 0.3) is 5.88 Å². The first-order valence-electron chi connectivity index (χ1n) is 7.06. The zero-order chi connectivity index (χ0) is 15.4. The van der Waals surface area contributed by atoms with E-state index in [1.165, 1.54) is 0 Å². The molecule has 0 saturated carbocycles. The second kappa shape index (κ2) is 6.67. The van der Waals surface area contributed by atoms with Gasteiger partial charge in [-0.1, -0.05) is 6.92 Å². The molecule has 0 amide bonds. The average Bonchev–Trinajstić information content (AvgIpc) is 2.69. The van der Waals surface area contributed by atoms with Crippen LogP contribution in [0.15, 0.2) is 12.3 Å². The molecule has 5 nitrogen and oxygen atoms in total. The van der Waals surface area contributed by atoms with Crippen LogP contribution in [0.4, 0.5) is 4.39 Å². The van der Waals surface area contributed by atoms with Gasteiger partial charge in [0.1, 0.15) is 5.69 Å². The molecule has 2 rings (SSSR count). The van der Waals surface area contributed by atoms with Crippen molar-refractivity contribution < 1.29 is 9.13 Å². The van der Waals surface area contributed by atoms with Crippen molar-refractivity contribution >= 4 is 0 Å². The van der Waals surface area contributed by atoms with Crippen LogP contribution in [0.25, 0.3) is 0 Å². The van der Waals surface area contributed by atoms with E-state index in [9.17, 15) is 4.39 Å². The van der Waals surface area contributed by atoms with E-state index in [1.54, 1.807) is 16.9 Å². The van der Waals surface area contributed by atoms with Crippen molar-refractivity contribution in [2.24, 2.45) is 7.05 Å². The molecule has 0 fully saturated rings. The minimum Gasteiger partial charge on any atom is -0.433 e. The molecule has 0 aliphatic rings. The molecule has 0 spiro atoms. The Hall–Kier alpha value is -1.95. The molecule has 1 N–H and O–H groups in total. The van der Waals surface area contributed by atoms with Crippen LogP contribution in [0.1, 0.15) is 30.3 Å². The van der Waals surface area contributed by atoms with E-state index in [2.05, 4.69) is 22.3 Å². The van der Waals surface area contributed by atoms with Crippen LogP contribution in [-0.4, -0.2) is 21.3 Å². The maximum Gasteiger partial charge on any atom is 0.256 e.